The number of nitrogens with one attached hydrogen (secondary N) is 2. The maximum atomic E-state index is 12.4. The van der Waals surface area contributed by atoms with E-state index in [-0.39, 0.29) is 11.7 Å². The van der Waals surface area contributed by atoms with Crippen molar-refractivity contribution in [3.8, 4) is 0 Å². The average molecular weight is 315 g/mol. The SMILES string of the molecule is Cc1ccccc1NC(=O)N1CCn2cc(C(=O)NO)nc2C1. The molecule has 0 radical (unpaired) electrons. The van der Waals surface area contributed by atoms with Gasteiger partial charge in [-0.05, 0) is 18.6 Å². The van der Waals surface area contributed by atoms with Gasteiger partial charge in [0.2, 0.25) is 0 Å². The summed E-state index contributed by atoms with van der Waals surface area (Å²) in [6, 6.07) is 7.35. The first-order valence-corrected chi connectivity index (χ1v) is 7.20. The Labute approximate surface area is 132 Å². The number of imidazole rings is 1. The fourth-order valence-corrected chi connectivity index (χ4v) is 2.50. The van der Waals surface area contributed by atoms with Crippen LogP contribution < -0.4 is 10.8 Å². The smallest absolute Gasteiger partial charge is 0.322 e. The fraction of sp³-hybridized carbons (Fsp3) is 0.267. The summed E-state index contributed by atoms with van der Waals surface area (Å²) in [6.07, 6.45) is 1.57. The molecule has 120 valence electrons. The zero-order chi connectivity index (χ0) is 16.4. The highest BCUT2D eigenvalue weighted by Crippen LogP contribution is 2.17. The van der Waals surface area contributed by atoms with Gasteiger partial charge in [-0.2, -0.15) is 0 Å². The summed E-state index contributed by atoms with van der Waals surface area (Å²) in [5, 5.41) is 11.5. The molecule has 0 saturated heterocycles. The lowest BCUT2D eigenvalue weighted by molar-refractivity contribution is 0.0701. The highest BCUT2D eigenvalue weighted by Gasteiger charge is 2.24. The van der Waals surface area contributed by atoms with Gasteiger partial charge in [0.1, 0.15) is 11.5 Å². The molecule has 0 fully saturated rings. The van der Waals surface area contributed by atoms with Crippen molar-refractivity contribution < 1.29 is 14.8 Å². The molecular weight excluding hydrogens is 298 g/mol. The number of benzene rings is 1. The maximum absolute atomic E-state index is 12.4. The molecule has 3 rings (SSSR count). The van der Waals surface area contributed by atoms with Crippen molar-refractivity contribution in [3.05, 3.63) is 47.5 Å². The number of amides is 3. The molecule has 1 aliphatic heterocycles. The van der Waals surface area contributed by atoms with E-state index in [0.29, 0.717) is 25.5 Å². The Morgan fingerprint density at radius 2 is 2.04 bits per heavy atom. The summed E-state index contributed by atoms with van der Waals surface area (Å²) in [5.74, 6) is -0.0578. The molecule has 0 atom stereocenters. The van der Waals surface area contributed by atoms with Gasteiger partial charge in [0.25, 0.3) is 5.91 Å². The number of rotatable bonds is 2. The summed E-state index contributed by atoms with van der Waals surface area (Å²) >= 11 is 0. The molecule has 0 spiro atoms. The third kappa shape index (κ3) is 3.02. The van der Waals surface area contributed by atoms with E-state index in [1.807, 2.05) is 35.8 Å². The quantitative estimate of drug-likeness (QED) is 0.575. The van der Waals surface area contributed by atoms with Gasteiger partial charge in [0.15, 0.2) is 0 Å². The minimum absolute atomic E-state index is 0.128. The lowest BCUT2D eigenvalue weighted by Crippen LogP contribution is -2.40. The summed E-state index contributed by atoms with van der Waals surface area (Å²) in [5.41, 5.74) is 3.44. The molecule has 0 saturated carbocycles. The minimum atomic E-state index is -0.664. The molecule has 2 heterocycles. The number of hydrogen-bond donors (Lipinski definition) is 3. The third-order valence-electron chi connectivity index (χ3n) is 3.81. The van der Waals surface area contributed by atoms with Crippen LogP contribution in [0.5, 0.6) is 0 Å². The van der Waals surface area contributed by atoms with Crippen LogP contribution in [0.4, 0.5) is 10.5 Å². The normalized spacial score (nSPS) is 13.4. The van der Waals surface area contributed by atoms with Gasteiger partial charge in [-0.3, -0.25) is 10.0 Å². The van der Waals surface area contributed by atoms with E-state index in [1.165, 1.54) is 0 Å². The Kier molecular flexibility index (Phi) is 3.98. The lowest BCUT2D eigenvalue weighted by atomic mass is 10.2. The van der Waals surface area contributed by atoms with Crippen LogP contribution in [0.15, 0.2) is 30.5 Å². The molecule has 0 aliphatic carbocycles. The van der Waals surface area contributed by atoms with Gasteiger partial charge in [0, 0.05) is 25.0 Å². The molecule has 0 bridgehead atoms. The number of anilines is 1. The molecule has 0 unspecified atom stereocenters. The van der Waals surface area contributed by atoms with E-state index in [1.54, 1.807) is 16.6 Å². The number of para-hydroxylation sites is 1. The summed E-state index contributed by atoms with van der Waals surface area (Å²) in [4.78, 5) is 29.6. The zero-order valence-corrected chi connectivity index (χ0v) is 12.6. The van der Waals surface area contributed by atoms with E-state index >= 15 is 0 Å². The van der Waals surface area contributed by atoms with Gasteiger partial charge in [0.05, 0.1) is 6.54 Å². The van der Waals surface area contributed by atoms with E-state index in [0.717, 1.165) is 11.3 Å². The number of aromatic nitrogens is 2. The number of aryl methyl sites for hydroxylation is 1. The second-order valence-electron chi connectivity index (χ2n) is 5.34. The first-order chi connectivity index (χ1) is 11.1. The highest BCUT2D eigenvalue weighted by molar-refractivity contribution is 5.91. The molecule has 3 N–H and O–H groups in total. The number of nitrogens with zero attached hydrogens (tertiary/aromatic N) is 3. The molecular formula is C15H17N5O3. The predicted octanol–water partition coefficient (Wildman–Crippen LogP) is 1.36. The van der Waals surface area contributed by atoms with Crippen LogP contribution in [0.25, 0.3) is 0 Å². The van der Waals surface area contributed by atoms with E-state index < -0.39 is 5.91 Å². The lowest BCUT2D eigenvalue weighted by Gasteiger charge is -2.28. The van der Waals surface area contributed by atoms with E-state index in [9.17, 15) is 9.59 Å². The van der Waals surface area contributed by atoms with Crippen LogP contribution in [0.2, 0.25) is 0 Å². The van der Waals surface area contributed by atoms with Gasteiger partial charge in [-0.1, -0.05) is 18.2 Å². The third-order valence-corrected chi connectivity index (χ3v) is 3.81. The largest absolute Gasteiger partial charge is 0.331 e. The number of fused-ring (bicyclic) bond motifs is 1. The fourth-order valence-electron chi connectivity index (χ4n) is 2.50. The Morgan fingerprint density at radius 3 is 2.78 bits per heavy atom. The Balaban J connectivity index is 1.71. The molecule has 1 aliphatic rings. The summed E-state index contributed by atoms with van der Waals surface area (Å²) < 4.78 is 1.81. The summed E-state index contributed by atoms with van der Waals surface area (Å²) in [6.45, 7) is 3.29. The van der Waals surface area contributed by atoms with Crippen molar-refractivity contribution in [1.82, 2.24) is 19.9 Å². The molecule has 1 aromatic heterocycles. The van der Waals surface area contributed by atoms with Crippen LogP contribution in [0.1, 0.15) is 21.9 Å². The van der Waals surface area contributed by atoms with Gasteiger partial charge in [-0.25, -0.2) is 15.3 Å². The standard InChI is InChI=1S/C15H17N5O3/c1-10-4-2-3-5-11(10)17-15(22)20-7-6-19-8-12(14(21)18-23)16-13(19)9-20/h2-5,8,23H,6-7,9H2,1H3,(H,17,22)(H,18,21). The van der Waals surface area contributed by atoms with E-state index in [4.69, 9.17) is 5.21 Å². The summed E-state index contributed by atoms with van der Waals surface area (Å²) in [7, 11) is 0. The Bertz CT molecular complexity index is 755. The second kappa shape index (κ2) is 6.09. The van der Waals surface area contributed by atoms with Gasteiger partial charge >= 0.3 is 6.03 Å². The number of hydroxylamine groups is 1. The topological polar surface area (TPSA) is 99.5 Å². The molecule has 3 amide bonds. The Hall–Kier alpha value is -2.87. The van der Waals surface area contributed by atoms with Crippen molar-refractivity contribution in [2.24, 2.45) is 0 Å². The van der Waals surface area contributed by atoms with Crippen LogP contribution in [-0.2, 0) is 13.1 Å². The van der Waals surface area contributed by atoms with Gasteiger partial charge in [-0.15, -0.1) is 0 Å². The predicted molar refractivity (Wildman–Crippen MR) is 82.1 cm³/mol. The monoisotopic (exact) mass is 315 g/mol. The second-order valence-corrected chi connectivity index (χ2v) is 5.34. The van der Waals surface area contributed by atoms with Crippen molar-refractivity contribution >= 4 is 17.6 Å². The molecule has 2 aromatic rings. The van der Waals surface area contributed by atoms with Crippen molar-refractivity contribution in [3.63, 3.8) is 0 Å². The van der Waals surface area contributed by atoms with Crippen molar-refractivity contribution in [1.29, 1.82) is 0 Å². The first-order valence-electron chi connectivity index (χ1n) is 7.20. The van der Waals surface area contributed by atoms with Crippen LogP contribution in [0.3, 0.4) is 0 Å². The molecule has 23 heavy (non-hydrogen) atoms. The van der Waals surface area contributed by atoms with Crippen LogP contribution in [-0.4, -0.2) is 38.1 Å². The minimum Gasteiger partial charge on any atom is -0.331 e. The first kappa shape index (κ1) is 15.0. The highest BCUT2D eigenvalue weighted by atomic mass is 16.5. The molecule has 8 heteroatoms. The molecule has 8 nitrogen and oxygen atoms in total. The maximum Gasteiger partial charge on any atom is 0.322 e. The van der Waals surface area contributed by atoms with E-state index in [2.05, 4.69) is 10.3 Å². The number of urea groups is 1. The number of hydrogen-bond acceptors (Lipinski definition) is 4. The van der Waals surface area contributed by atoms with Crippen molar-refractivity contribution in [2.75, 3.05) is 11.9 Å². The average Bonchev–Trinajstić information content (AvgIpc) is 2.99. The van der Waals surface area contributed by atoms with Gasteiger partial charge < -0.3 is 14.8 Å². The van der Waals surface area contributed by atoms with Crippen LogP contribution >= 0.6 is 0 Å². The van der Waals surface area contributed by atoms with Crippen LogP contribution in [0, 0.1) is 6.92 Å². The number of carbonyl (C=O) groups is 2. The molecule has 1 aromatic carbocycles. The number of carbonyl (C=O) groups excluding carboxylic acids is 2. The zero-order valence-electron chi connectivity index (χ0n) is 12.6. The Morgan fingerprint density at radius 1 is 1.26 bits per heavy atom. The van der Waals surface area contributed by atoms with Crippen molar-refractivity contribution in [2.45, 2.75) is 20.0 Å².